The topological polar surface area (TPSA) is 49.4 Å². The minimum atomic E-state index is -0.879. The zero-order valence-electron chi connectivity index (χ0n) is 30.5. The van der Waals surface area contributed by atoms with Crippen molar-refractivity contribution in [3.63, 3.8) is 0 Å². The second-order valence-corrected chi connectivity index (χ2v) is 14.7. The number of hydrogen-bond acceptors (Lipinski definition) is 6. The van der Waals surface area contributed by atoms with E-state index >= 15 is 0 Å². The number of hydrogen-bond donors (Lipinski definition) is 0. The number of nitrogens with zero attached hydrogens (tertiary/aromatic N) is 1. The van der Waals surface area contributed by atoms with Gasteiger partial charge in [-0.3, -0.25) is 0 Å². The van der Waals surface area contributed by atoms with Gasteiger partial charge in [0.15, 0.2) is 5.60 Å². The summed E-state index contributed by atoms with van der Waals surface area (Å²) >= 11 is 0. The smallest absolute Gasteiger partial charge is 0.178 e. The summed E-state index contributed by atoms with van der Waals surface area (Å²) in [5, 5.41) is 2.26. The molecule has 0 bridgehead atoms. The Bertz CT molecular complexity index is 2140. The molecule has 266 valence electrons. The summed E-state index contributed by atoms with van der Waals surface area (Å²) in [7, 11) is 5.23. The normalized spacial score (nSPS) is 20.3. The molecule has 1 spiro atoms. The van der Waals surface area contributed by atoms with Gasteiger partial charge in [-0.2, -0.15) is 0 Å². The van der Waals surface area contributed by atoms with Crippen LogP contribution in [0.25, 0.3) is 28.0 Å². The van der Waals surface area contributed by atoms with E-state index in [1.165, 1.54) is 71.0 Å². The van der Waals surface area contributed by atoms with Crippen LogP contribution in [-0.2, 0) is 15.8 Å². The van der Waals surface area contributed by atoms with Crippen molar-refractivity contribution in [3.05, 3.63) is 119 Å². The SMILES string of the molecule is COc1ccc(C2(c3ccc(N4CCOCC4)cc3)C=Cc3c4c(c5ccc(OC)cc5c3O2)-c2ccc(OC)cc2C42CCCCCCC2)cc1. The Balaban J connectivity index is 1.30. The molecule has 2 heterocycles. The molecular formula is C46H47NO5. The summed E-state index contributed by atoms with van der Waals surface area (Å²) in [6.07, 6.45) is 13.1. The lowest BCUT2D eigenvalue weighted by Crippen LogP contribution is -2.37. The molecule has 0 amide bonds. The van der Waals surface area contributed by atoms with E-state index in [2.05, 4.69) is 89.8 Å². The van der Waals surface area contributed by atoms with Crippen LogP contribution in [0.3, 0.4) is 0 Å². The number of anilines is 1. The first-order valence-corrected chi connectivity index (χ1v) is 18.9. The Labute approximate surface area is 306 Å². The van der Waals surface area contributed by atoms with Crippen LogP contribution in [0.2, 0.25) is 0 Å². The Kier molecular flexibility index (Phi) is 8.38. The Morgan fingerprint density at radius 1 is 0.635 bits per heavy atom. The molecule has 2 fully saturated rings. The molecule has 6 heteroatoms. The van der Waals surface area contributed by atoms with Crippen LogP contribution < -0.4 is 23.8 Å². The lowest BCUT2D eigenvalue weighted by molar-refractivity contribution is 0.122. The van der Waals surface area contributed by atoms with Crippen LogP contribution in [0.5, 0.6) is 23.0 Å². The predicted molar refractivity (Wildman–Crippen MR) is 208 cm³/mol. The van der Waals surface area contributed by atoms with Gasteiger partial charge in [-0.05, 0) is 101 Å². The van der Waals surface area contributed by atoms with Gasteiger partial charge in [-0.25, -0.2) is 0 Å². The van der Waals surface area contributed by atoms with E-state index in [4.69, 9.17) is 23.7 Å². The first-order chi connectivity index (χ1) is 25.6. The fraction of sp³-hybridized carbons (Fsp3) is 0.348. The third kappa shape index (κ3) is 5.17. The first-order valence-electron chi connectivity index (χ1n) is 18.9. The standard InChI is InChI=1S/C46H47NO5/c1-48-34-15-11-32(12-16-34)46(31-9-13-33(14-10-31)47-25-27-51-28-26-47)24-21-39-43-42(37-19-17-35(49-2)29-40(37)44(39)52-46)38-20-18-36(50-3)30-41(38)45(43)22-7-5-4-6-8-23-45/h9-21,24,29-30H,4-8,22-23,25-28H2,1-3H3. The second kappa shape index (κ2) is 13.2. The number of fused-ring (bicyclic) bond motifs is 10. The average molecular weight is 694 g/mol. The molecule has 0 aromatic heterocycles. The van der Waals surface area contributed by atoms with Crippen LogP contribution >= 0.6 is 0 Å². The monoisotopic (exact) mass is 693 g/mol. The van der Waals surface area contributed by atoms with Gasteiger partial charge in [0.2, 0.25) is 0 Å². The molecular weight excluding hydrogens is 647 g/mol. The van der Waals surface area contributed by atoms with Crippen LogP contribution in [-0.4, -0.2) is 47.6 Å². The molecule has 0 N–H and O–H groups in total. The van der Waals surface area contributed by atoms with Gasteiger partial charge in [0.05, 0.1) is 34.5 Å². The fourth-order valence-electron chi connectivity index (χ4n) is 9.51. The van der Waals surface area contributed by atoms with Gasteiger partial charge >= 0.3 is 0 Å². The van der Waals surface area contributed by atoms with Crippen LogP contribution in [0.4, 0.5) is 5.69 Å². The number of morpholine rings is 1. The van der Waals surface area contributed by atoms with Crippen LogP contribution in [0, 0.1) is 0 Å². The largest absolute Gasteiger partial charge is 0.497 e. The van der Waals surface area contributed by atoms with E-state index in [0.29, 0.717) is 0 Å². The molecule has 1 saturated carbocycles. The lowest BCUT2D eigenvalue weighted by Gasteiger charge is -2.40. The predicted octanol–water partition coefficient (Wildman–Crippen LogP) is 10.1. The van der Waals surface area contributed by atoms with Crippen molar-refractivity contribution in [1.82, 2.24) is 0 Å². The van der Waals surface area contributed by atoms with Crippen molar-refractivity contribution in [1.29, 1.82) is 0 Å². The molecule has 5 aromatic rings. The van der Waals surface area contributed by atoms with Crippen LogP contribution in [0.15, 0.2) is 91.0 Å². The van der Waals surface area contributed by atoms with E-state index < -0.39 is 5.60 Å². The van der Waals surface area contributed by atoms with E-state index in [9.17, 15) is 0 Å². The summed E-state index contributed by atoms with van der Waals surface area (Å²) < 4.78 is 30.7. The number of ether oxygens (including phenoxy) is 5. The average Bonchev–Trinajstić information content (AvgIpc) is 3.49. The minimum Gasteiger partial charge on any atom is -0.497 e. The number of benzene rings is 5. The maximum atomic E-state index is 7.68. The molecule has 0 radical (unpaired) electrons. The van der Waals surface area contributed by atoms with Crippen molar-refractivity contribution >= 4 is 22.5 Å². The van der Waals surface area contributed by atoms with Crippen LogP contribution in [0.1, 0.15) is 72.8 Å². The minimum absolute atomic E-state index is 0.133. The summed E-state index contributed by atoms with van der Waals surface area (Å²) in [6.45, 7) is 3.28. The zero-order chi connectivity index (χ0) is 35.3. The summed E-state index contributed by atoms with van der Waals surface area (Å²) in [4.78, 5) is 2.39. The highest BCUT2D eigenvalue weighted by molar-refractivity contribution is 6.09. The number of methoxy groups -OCH3 is 3. The molecule has 1 atom stereocenters. The van der Waals surface area contributed by atoms with Crippen molar-refractivity contribution < 1.29 is 23.7 Å². The zero-order valence-corrected chi connectivity index (χ0v) is 30.5. The van der Waals surface area contributed by atoms with Gasteiger partial charge in [0, 0.05) is 46.3 Å². The molecule has 2 aliphatic carbocycles. The van der Waals surface area contributed by atoms with Gasteiger partial charge < -0.3 is 28.6 Å². The van der Waals surface area contributed by atoms with E-state index in [1.54, 1.807) is 21.3 Å². The van der Waals surface area contributed by atoms with E-state index in [0.717, 1.165) is 78.7 Å². The highest BCUT2D eigenvalue weighted by Crippen LogP contribution is 2.62. The quantitative estimate of drug-likeness (QED) is 0.177. The third-order valence-corrected chi connectivity index (χ3v) is 12.1. The highest BCUT2D eigenvalue weighted by atomic mass is 16.5. The molecule has 2 aliphatic heterocycles. The maximum Gasteiger partial charge on any atom is 0.178 e. The molecule has 6 nitrogen and oxygen atoms in total. The first kappa shape index (κ1) is 32.9. The van der Waals surface area contributed by atoms with E-state index in [1.807, 2.05) is 12.1 Å². The second-order valence-electron chi connectivity index (χ2n) is 14.7. The number of rotatable bonds is 6. The Morgan fingerprint density at radius 2 is 1.25 bits per heavy atom. The molecule has 4 aliphatic rings. The maximum absolute atomic E-state index is 7.68. The van der Waals surface area contributed by atoms with Gasteiger partial charge in [-0.15, -0.1) is 0 Å². The van der Waals surface area contributed by atoms with Crippen molar-refractivity contribution in [2.45, 2.75) is 56.0 Å². The molecule has 1 unspecified atom stereocenters. The third-order valence-electron chi connectivity index (χ3n) is 12.1. The molecule has 5 aromatic carbocycles. The van der Waals surface area contributed by atoms with Crippen molar-refractivity contribution in [2.75, 3.05) is 52.5 Å². The van der Waals surface area contributed by atoms with E-state index in [-0.39, 0.29) is 5.41 Å². The Hall–Kier alpha value is -4.94. The van der Waals surface area contributed by atoms with Gasteiger partial charge in [-0.1, -0.05) is 68.5 Å². The summed E-state index contributed by atoms with van der Waals surface area (Å²) in [6, 6.07) is 30.5. The van der Waals surface area contributed by atoms with Crippen molar-refractivity contribution in [3.8, 4) is 34.1 Å². The van der Waals surface area contributed by atoms with Crippen molar-refractivity contribution in [2.24, 2.45) is 0 Å². The molecule has 52 heavy (non-hydrogen) atoms. The van der Waals surface area contributed by atoms with Gasteiger partial charge in [0.25, 0.3) is 0 Å². The molecule has 1 saturated heterocycles. The lowest BCUT2D eigenvalue weighted by atomic mass is 9.67. The summed E-state index contributed by atoms with van der Waals surface area (Å²) in [5.74, 6) is 3.45. The fourth-order valence-corrected chi connectivity index (χ4v) is 9.51. The highest BCUT2D eigenvalue weighted by Gasteiger charge is 2.48. The molecule has 9 rings (SSSR count). The van der Waals surface area contributed by atoms with Gasteiger partial charge in [0.1, 0.15) is 23.0 Å². The summed E-state index contributed by atoms with van der Waals surface area (Å²) in [5.41, 5.74) is 8.93. The Morgan fingerprint density at radius 3 is 1.94 bits per heavy atom.